The van der Waals surface area contributed by atoms with Crippen molar-refractivity contribution in [3.63, 3.8) is 0 Å². The van der Waals surface area contributed by atoms with Crippen LogP contribution in [0.3, 0.4) is 0 Å². The Kier molecular flexibility index (Phi) is 3.98. The van der Waals surface area contributed by atoms with Gasteiger partial charge in [-0.1, -0.05) is 48.5 Å². The Balaban J connectivity index is 1.52. The second kappa shape index (κ2) is 6.75. The van der Waals surface area contributed by atoms with Gasteiger partial charge in [-0.15, -0.1) is 11.3 Å². The van der Waals surface area contributed by atoms with Gasteiger partial charge in [0.2, 0.25) is 11.8 Å². The highest BCUT2D eigenvalue weighted by atomic mass is 32.1. The number of thiophene rings is 1. The van der Waals surface area contributed by atoms with Gasteiger partial charge in [0.05, 0.1) is 28.4 Å². The van der Waals surface area contributed by atoms with Crippen LogP contribution in [0.5, 0.6) is 0 Å². The fraction of sp³-hybridized carbons (Fsp3) is 0.160. The van der Waals surface area contributed by atoms with Gasteiger partial charge < -0.3 is 4.90 Å². The van der Waals surface area contributed by atoms with Crippen molar-refractivity contribution >= 4 is 40.7 Å². The molecule has 4 atom stereocenters. The van der Waals surface area contributed by atoms with E-state index in [1.54, 1.807) is 18.2 Å². The van der Waals surface area contributed by atoms with Crippen molar-refractivity contribution in [1.82, 2.24) is 4.90 Å². The van der Waals surface area contributed by atoms with Crippen LogP contribution in [0.15, 0.2) is 78.3 Å². The molecule has 2 aromatic carbocycles. The molecule has 2 fully saturated rings. The third kappa shape index (κ3) is 2.51. The molecule has 6 rings (SSSR count). The first-order chi connectivity index (χ1) is 15.2. The molecule has 3 aromatic rings. The third-order valence-electron chi connectivity index (χ3n) is 6.51. The number of amides is 2. The summed E-state index contributed by atoms with van der Waals surface area (Å²) >= 11 is 1.37. The van der Waals surface area contributed by atoms with Crippen molar-refractivity contribution in [1.29, 1.82) is 0 Å². The lowest BCUT2D eigenvalue weighted by atomic mass is 9.84. The van der Waals surface area contributed by atoms with Crippen LogP contribution < -0.4 is 4.90 Å². The number of anilines is 1. The lowest BCUT2D eigenvalue weighted by Crippen LogP contribution is -2.44. The summed E-state index contributed by atoms with van der Waals surface area (Å²) in [5.74, 6) is -1.96. The predicted molar refractivity (Wildman–Crippen MR) is 118 cm³/mol. The van der Waals surface area contributed by atoms with E-state index in [9.17, 15) is 14.4 Å². The van der Waals surface area contributed by atoms with Crippen LogP contribution in [0.25, 0.3) is 6.08 Å². The summed E-state index contributed by atoms with van der Waals surface area (Å²) in [6.07, 6.45) is 3.85. The fourth-order valence-electron chi connectivity index (χ4n) is 5.25. The normalized spacial score (nSPS) is 26.1. The van der Waals surface area contributed by atoms with Crippen molar-refractivity contribution in [2.75, 3.05) is 4.90 Å². The van der Waals surface area contributed by atoms with Gasteiger partial charge in [-0.2, -0.15) is 0 Å². The van der Waals surface area contributed by atoms with Crippen LogP contribution in [0.4, 0.5) is 5.69 Å². The molecule has 0 aliphatic carbocycles. The van der Waals surface area contributed by atoms with Crippen LogP contribution in [-0.4, -0.2) is 28.5 Å². The van der Waals surface area contributed by atoms with Crippen LogP contribution in [0, 0.1) is 11.8 Å². The van der Waals surface area contributed by atoms with Crippen molar-refractivity contribution in [2.45, 2.75) is 12.1 Å². The zero-order valence-corrected chi connectivity index (χ0v) is 17.2. The van der Waals surface area contributed by atoms with Crippen LogP contribution in [0.1, 0.15) is 26.8 Å². The minimum atomic E-state index is -0.719. The average molecular weight is 426 g/mol. The summed E-state index contributed by atoms with van der Waals surface area (Å²) in [5, 5.41) is 1.86. The van der Waals surface area contributed by atoms with Gasteiger partial charge >= 0.3 is 0 Å². The summed E-state index contributed by atoms with van der Waals surface area (Å²) in [5.41, 5.74) is 2.56. The van der Waals surface area contributed by atoms with E-state index in [2.05, 4.69) is 0 Å². The average Bonchev–Trinajstić information content (AvgIpc) is 3.50. The van der Waals surface area contributed by atoms with Crippen molar-refractivity contribution < 1.29 is 14.4 Å². The Hall–Kier alpha value is -3.51. The number of Topliss-reactive ketones (excluding diaryl/α,β-unsaturated/α-hetero) is 1. The molecule has 2 amide bonds. The molecule has 0 unspecified atom stereocenters. The van der Waals surface area contributed by atoms with E-state index in [-0.39, 0.29) is 23.6 Å². The molecule has 31 heavy (non-hydrogen) atoms. The standard InChI is InChI=1S/C25H18N2O3S/c28-23(18-11-6-14-31-18)22-20-19(21-17-10-5-4-7-15(17)12-13-26(21)22)24(29)27(25(20)30)16-8-2-1-3-9-16/h1-14,19-22H/t19-,20-,21+,22+/m1/s1. The highest BCUT2D eigenvalue weighted by Gasteiger charge is 2.64. The second-order valence-corrected chi connectivity index (χ2v) is 8.97. The number of carbonyl (C=O) groups excluding carboxylic acids is 3. The summed E-state index contributed by atoms with van der Waals surface area (Å²) in [6.45, 7) is 0. The summed E-state index contributed by atoms with van der Waals surface area (Å²) < 4.78 is 0. The first-order valence-corrected chi connectivity index (χ1v) is 11.1. The van der Waals surface area contributed by atoms with Crippen molar-refractivity contribution in [3.8, 4) is 0 Å². The maximum absolute atomic E-state index is 13.7. The first kappa shape index (κ1) is 18.3. The Morgan fingerprint density at radius 1 is 0.839 bits per heavy atom. The van der Waals surface area contributed by atoms with Crippen LogP contribution in [0.2, 0.25) is 0 Å². The molecule has 6 heteroatoms. The largest absolute Gasteiger partial charge is 0.358 e. The van der Waals surface area contributed by atoms with E-state index >= 15 is 0 Å². The predicted octanol–water partition coefficient (Wildman–Crippen LogP) is 4.15. The van der Waals surface area contributed by atoms with Gasteiger partial charge in [-0.25, -0.2) is 4.90 Å². The number of rotatable bonds is 3. The topological polar surface area (TPSA) is 57.7 Å². The molecule has 1 aromatic heterocycles. The highest BCUT2D eigenvalue weighted by Crippen LogP contribution is 2.53. The molecule has 0 N–H and O–H groups in total. The molecule has 0 saturated carbocycles. The maximum Gasteiger partial charge on any atom is 0.240 e. The summed E-state index contributed by atoms with van der Waals surface area (Å²) in [6, 6.07) is 19.5. The highest BCUT2D eigenvalue weighted by molar-refractivity contribution is 7.12. The molecule has 0 spiro atoms. The quantitative estimate of drug-likeness (QED) is 0.466. The van der Waals surface area contributed by atoms with Crippen LogP contribution >= 0.6 is 11.3 Å². The SMILES string of the molecule is O=C(c1cccs1)[C@@H]1[C@@H]2C(=O)N(c3ccccc3)C(=O)[C@H]2[C@@H]2c3ccccc3C=CN12. The minimum absolute atomic E-state index is 0.104. The van der Waals surface area contributed by atoms with Gasteiger partial charge in [-0.3, -0.25) is 14.4 Å². The van der Waals surface area contributed by atoms with E-state index in [0.717, 1.165) is 11.1 Å². The third-order valence-corrected chi connectivity index (χ3v) is 7.39. The smallest absolute Gasteiger partial charge is 0.240 e. The zero-order chi connectivity index (χ0) is 21.1. The molecule has 152 valence electrons. The zero-order valence-electron chi connectivity index (χ0n) is 16.4. The van der Waals surface area contributed by atoms with E-state index in [1.807, 2.05) is 71.1 Å². The first-order valence-electron chi connectivity index (χ1n) is 10.2. The fourth-order valence-corrected chi connectivity index (χ4v) is 5.95. The molecule has 0 radical (unpaired) electrons. The van der Waals surface area contributed by atoms with Gasteiger partial charge in [0, 0.05) is 6.20 Å². The molecule has 3 aliphatic heterocycles. The number of carbonyl (C=O) groups is 3. The maximum atomic E-state index is 13.7. The Bertz CT molecular complexity index is 1230. The molecule has 3 aliphatic rings. The van der Waals surface area contributed by atoms with Gasteiger partial charge in [0.1, 0.15) is 6.04 Å². The lowest BCUT2D eigenvalue weighted by molar-refractivity contribution is -0.123. The number of hydrogen-bond donors (Lipinski definition) is 0. The lowest BCUT2D eigenvalue weighted by Gasteiger charge is -2.35. The second-order valence-electron chi connectivity index (χ2n) is 8.02. The van der Waals surface area contributed by atoms with E-state index in [0.29, 0.717) is 10.6 Å². The number of hydrogen-bond acceptors (Lipinski definition) is 5. The molecular formula is C25H18N2O3S. The Morgan fingerprint density at radius 2 is 1.58 bits per heavy atom. The van der Waals surface area contributed by atoms with Gasteiger partial charge in [0.25, 0.3) is 0 Å². The number of fused-ring (bicyclic) bond motifs is 5. The van der Waals surface area contributed by atoms with Gasteiger partial charge in [-0.05, 0) is 40.8 Å². The number of imide groups is 1. The van der Waals surface area contributed by atoms with Crippen LogP contribution in [-0.2, 0) is 9.59 Å². The molecule has 4 heterocycles. The summed E-state index contributed by atoms with van der Waals surface area (Å²) in [7, 11) is 0. The number of para-hydroxylation sites is 1. The van der Waals surface area contributed by atoms with E-state index in [1.165, 1.54) is 16.2 Å². The molecule has 0 bridgehead atoms. The monoisotopic (exact) mass is 426 g/mol. The Labute approximate surface area is 183 Å². The van der Waals surface area contributed by atoms with Gasteiger partial charge in [0.15, 0.2) is 5.78 Å². The Morgan fingerprint density at radius 3 is 2.35 bits per heavy atom. The molecular weight excluding hydrogens is 408 g/mol. The number of ketones is 1. The minimum Gasteiger partial charge on any atom is -0.358 e. The van der Waals surface area contributed by atoms with Crippen molar-refractivity contribution in [3.05, 3.63) is 94.3 Å². The summed E-state index contributed by atoms with van der Waals surface area (Å²) in [4.78, 5) is 44.7. The molecule has 5 nitrogen and oxygen atoms in total. The number of nitrogens with zero attached hydrogens (tertiary/aromatic N) is 2. The number of benzene rings is 2. The van der Waals surface area contributed by atoms with E-state index in [4.69, 9.17) is 0 Å². The molecule has 2 saturated heterocycles. The van der Waals surface area contributed by atoms with E-state index < -0.39 is 17.9 Å². The van der Waals surface area contributed by atoms with Crippen molar-refractivity contribution in [2.24, 2.45) is 11.8 Å².